The quantitative estimate of drug-likeness (QED) is 0.253. The van der Waals surface area contributed by atoms with Crippen LogP contribution in [0, 0.1) is 0 Å². The number of fused-ring (bicyclic) bond motifs is 1. The average molecular weight is 638 g/mol. The van der Waals surface area contributed by atoms with E-state index in [-0.39, 0.29) is 23.4 Å². The number of carbonyl (C=O) groups excluding carboxylic acids is 3. The van der Waals surface area contributed by atoms with Crippen LogP contribution in [0.1, 0.15) is 47.2 Å². The molecule has 0 atom stereocenters. The lowest BCUT2D eigenvalue weighted by Crippen LogP contribution is -2.51. The standard InChI is InChI=1S/C33H34F3N5O5/c1-32(2,3)46-31(44)41-16-14-40(15-17-41)30(43)27-18-22-8-12-25(19-26(22)39(27)5)45-28-13-11-24(20-37-28)38(4)29(42)21-6-9-23(10-7-21)33(34,35)36/h6-13,18-20H,14-17H2,1-5H3. The van der Waals surface area contributed by atoms with Crippen LogP contribution in [-0.4, -0.2) is 76.1 Å². The van der Waals surface area contributed by atoms with Crippen LogP contribution in [0.4, 0.5) is 23.7 Å². The summed E-state index contributed by atoms with van der Waals surface area (Å²) in [6.45, 7) is 6.99. The third kappa shape index (κ3) is 7.08. The topological polar surface area (TPSA) is 97.2 Å². The van der Waals surface area contributed by atoms with Gasteiger partial charge in [-0.05, 0) is 69.3 Å². The number of hydrogen-bond donors (Lipinski definition) is 0. The lowest BCUT2D eigenvalue weighted by Gasteiger charge is -2.35. The van der Waals surface area contributed by atoms with Gasteiger partial charge in [0, 0.05) is 63.4 Å². The first-order chi connectivity index (χ1) is 21.6. The van der Waals surface area contributed by atoms with Gasteiger partial charge in [-0.3, -0.25) is 9.59 Å². The Morgan fingerprint density at radius 1 is 0.870 bits per heavy atom. The van der Waals surface area contributed by atoms with E-state index in [0.29, 0.717) is 43.3 Å². The maximum atomic E-state index is 13.4. The van der Waals surface area contributed by atoms with Gasteiger partial charge in [-0.25, -0.2) is 9.78 Å². The zero-order valence-corrected chi connectivity index (χ0v) is 26.1. The van der Waals surface area contributed by atoms with Crippen molar-refractivity contribution >= 4 is 34.5 Å². The molecule has 4 aromatic rings. The SMILES string of the molecule is CN(C(=O)c1ccc(C(F)(F)F)cc1)c1ccc(Oc2ccc3cc(C(=O)N4CCN(C(=O)OC(C)(C)C)CC4)n(C)c3c2)nc1. The number of aryl methyl sites for hydroxylation is 1. The number of amides is 3. The normalized spacial score (nSPS) is 13.9. The molecular formula is C33H34F3N5O5. The minimum atomic E-state index is -4.49. The summed E-state index contributed by atoms with van der Waals surface area (Å²) in [6, 6.07) is 14.4. The van der Waals surface area contributed by atoms with E-state index in [1.54, 1.807) is 45.7 Å². The largest absolute Gasteiger partial charge is 0.444 e. The van der Waals surface area contributed by atoms with Crippen LogP contribution >= 0.6 is 0 Å². The molecule has 3 heterocycles. The molecule has 2 aromatic carbocycles. The first-order valence-corrected chi connectivity index (χ1v) is 14.6. The summed E-state index contributed by atoms with van der Waals surface area (Å²) in [5.74, 6) is 0.103. The summed E-state index contributed by atoms with van der Waals surface area (Å²) in [6.07, 6.45) is -3.45. The Bertz CT molecular complexity index is 1750. The van der Waals surface area contributed by atoms with E-state index in [4.69, 9.17) is 9.47 Å². The second-order valence-corrected chi connectivity index (χ2v) is 12.0. The van der Waals surface area contributed by atoms with Crippen LogP contribution in [0.15, 0.2) is 66.9 Å². The molecule has 1 fully saturated rings. The minimum Gasteiger partial charge on any atom is -0.444 e. The molecule has 13 heteroatoms. The molecule has 3 amide bonds. The van der Waals surface area contributed by atoms with Crippen LogP contribution in [0.5, 0.6) is 11.6 Å². The Balaban J connectivity index is 1.23. The minimum absolute atomic E-state index is 0.104. The number of carbonyl (C=O) groups is 3. The number of ether oxygens (including phenoxy) is 2. The fourth-order valence-electron chi connectivity index (χ4n) is 5.02. The highest BCUT2D eigenvalue weighted by atomic mass is 19.4. The van der Waals surface area contributed by atoms with Gasteiger partial charge in [0.05, 0.1) is 23.0 Å². The van der Waals surface area contributed by atoms with Gasteiger partial charge in [-0.15, -0.1) is 0 Å². The van der Waals surface area contributed by atoms with Crippen molar-refractivity contribution in [3.63, 3.8) is 0 Å². The molecular weight excluding hydrogens is 603 g/mol. The van der Waals surface area contributed by atoms with Crippen molar-refractivity contribution in [3.8, 4) is 11.6 Å². The predicted molar refractivity (Wildman–Crippen MR) is 165 cm³/mol. The van der Waals surface area contributed by atoms with Gasteiger partial charge >= 0.3 is 12.3 Å². The maximum Gasteiger partial charge on any atom is 0.416 e. The molecule has 46 heavy (non-hydrogen) atoms. The van der Waals surface area contributed by atoms with Gasteiger partial charge < -0.3 is 28.7 Å². The molecule has 0 bridgehead atoms. The van der Waals surface area contributed by atoms with Crippen LogP contribution < -0.4 is 9.64 Å². The zero-order valence-electron chi connectivity index (χ0n) is 26.1. The van der Waals surface area contributed by atoms with Crippen molar-refractivity contribution in [3.05, 3.63) is 83.7 Å². The van der Waals surface area contributed by atoms with E-state index in [2.05, 4.69) is 4.98 Å². The van der Waals surface area contributed by atoms with E-state index in [1.165, 1.54) is 18.1 Å². The van der Waals surface area contributed by atoms with Crippen LogP contribution in [-0.2, 0) is 18.0 Å². The van der Waals surface area contributed by atoms with Crippen LogP contribution in [0.2, 0.25) is 0 Å². The molecule has 0 unspecified atom stereocenters. The van der Waals surface area contributed by atoms with Crippen LogP contribution in [0.25, 0.3) is 10.9 Å². The van der Waals surface area contributed by atoms with E-state index >= 15 is 0 Å². The summed E-state index contributed by atoms with van der Waals surface area (Å²) < 4.78 is 51.8. The fourth-order valence-corrected chi connectivity index (χ4v) is 5.02. The predicted octanol–water partition coefficient (Wildman–Crippen LogP) is 6.35. The molecule has 0 radical (unpaired) electrons. The number of alkyl halides is 3. The van der Waals surface area contributed by atoms with Crippen molar-refractivity contribution in [1.29, 1.82) is 0 Å². The molecule has 2 aromatic heterocycles. The molecule has 1 aliphatic heterocycles. The van der Waals surface area contributed by atoms with Gasteiger partial charge in [-0.2, -0.15) is 13.2 Å². The van der Waals surface area contributed by atoms with Gasteiger partial charge in [0.1, 0.15) is 17.0 Å². The summed E-state index contributed by atoms with van der Waals surface area (Å²) in [5, 5.41) is 0.845. The van der Waals surface area contributed by atoms with E-state index < -0.39 is 23.2 Å². The number of halogens is 3. The summed E-state index contributed by atoms with van der Waals surface area (Å²) in [7, 11) is 3.30. The summed E-state index contributed by atoms with van der Waals surface area (Å²) >= 11 is 0. The Morgan fingerprint density at radius 2 is 1.52 bits per heavy atom. The molecule has 10 nitrogen and oxygen atoms in total. The third-order valence-electron chi connectivity index (χ3n) is 7.55. The van der Waals surface area contributed by atoms with Gasteiger partial charge in [-0.1, -0.05) is 0 Å². The second kappa shape index (κ2) is 12.4. The number of benzene rings is 2. The number of piperazine rings is 1. The Morgan fingerprint density at radius 3 is 2.11 bits per heavy atom. The number of rotatable bonds is 5. The Kier molecular flexibility index (Phi) is 8.70. The van der Waals surface area contributed by atoms with Crippen molar-refractivity contribution in [2.75, 3.05) is 38.1 Å². The lowest BCUT2D eigenvalue weighted by molar-refractivity contribution is -0.137. The number of nitrogens with zero attached hydrogens (tertiary/aromatic N) is 5. The molecule has 242 valence electrons. The smallest absolute Gasteiger partial charge is 0.416 e. The molecule has 0 saturated carbocycles. The second-order valence-electron chi connectivity index (χ2n) is 12.0. The highest BCUT2D eigenvalue weighted by Crippen LogP contribution is 2.30. The highest BCUT2D eigenvalue weighted by Gasteiger charge is 2.31. The van der Waals surface area contributed by atoms with Gasteiger partial charge in [0.15, 0.2) is 0 Å². The fraction of sp³-hybridized carbons (Fsp3) is 0.333. The number of aromatic nitrogens is 2. The van der Waals surface area contributed by atoms with E-state index in [1.807, 2.05) is 32.9 Å². The van der Waals surface area contributed by atoms with Gasteiger partial charge in [0.2, 0.25) is 5.88 Å². The monoisotopic (exact) mass is 637 g/mol. The van der Waals surface area contributed by atoms with Crippen molar-refractivity contribution < 1.29 is 37.0 Å². The van der Waals surface area contributed by atoms with E-state index in [0.717, 1.165) is 35.2 Å². The first-order valence-electron chi connectivity index (χ1n) is 14.6. The first kappa shape index (κ1) is 32.3. The van der Waals surface area contributed by atoms with Crippen LogP contribution in [0.3, 0.4) is 0 Å². The number of hydrogen-bond acceptors (Lipinski definition) is 6. The lowest BCUT2D eigenvalue weighted by atomic mass is 10.1. The third-order valence-corrected chi connectivity index (χ3v) is 7.55. The summed E-state index contributed by atoms with van der Waals surface area (Å²) in [4.78, 5) is 47.5. The molecule has 0 spiro atoms. The number of anilines is 1. The maximum absolute atomic E-state index is 13.4. The van der Waals surface area contributed by atoms with Crippen molar-refractivity contribution in [2.24, 2.45) is 7.05 Å². The average Bonchev–Trinajstić information content (AvgIpc) is 3.34. The highest BCUT2D eigenvalue weighted by molar-refractivity contribution is 6.05. The number of pyridine rings is 1. The molecule has 1 aliphatic rings. The summed E-state index contributed by atoms with van der Waals surface area (Å²) in [5.41, 5.74) is 0.375. The molecule has 0 N–H and O–H groups in total. The van der Waals surface area contributed by atoms with Gasteiger partial charge in [0.25, 0.3) is 11.8 Å². The Labute approximate surface area is 263 Å². The molecule has 0 aliphatic carbocycles. The molecule has 1 saturated heterocycles. The Hall–Kier alpha value is -5.07. The van der Waals surface area contributed by atoms with E-state index in [9.17, 15) is 27.6 Å². The van der Waals surface area contributed by atoms with Crippen molar-refractivity contribution in [2.45, 2.75) is 32.5 Å². The zero-order chi connectivity index (χ0) is 33.4. The van der Waals surface area contributed by atoms with Crippen molar-refractivity contribution in [1.82, 2.24) is 19.4 Å². The molecule has 5 rings (SSSR count).